The van der Waals surface area contributed by atoms with E-state index >= 15 is 0 Å². The maximum atomic E-state index is 11.1. The Kier molecular flexibility index (Phi) is 2.44. The van der Waals surface area contributed by atoms with Crippen LogP contribution in [0.4, 0.5) is 0 Å². The predicted molar refractivity (Wildman–Crippen MR) is 45.2 cm³/mol. The molecule has 1 rings (SSSR count). The van der Waals surface area contributed by atoms with E-state index in [-0.39, 0.29) is 11.6 Å². The van der Waals surface area contributed by atoms with Crippen LogP contribution in [0.2, 0.25) is 0 Å². The lowest BCUT2D eigenvalue weighted by Gasteiger charge is -2.07. The Bertz CT molecular complexity index is 365. The van der Waals surface area contributed by atoms with Gasteiger partial charge in [0.25, 0.3) is 5.56 Å². The highest BCUT2D eigenvalue weighted by molar-refractivity contribution is 5.07. The Labute approximate surface area is 68.8 Å². The summed E-state index contributed by atoms with van der Waals surface area (Å²) in [6.45, 7) is 1.84. The van der Waals surface area contributed by atoms with Gasteiger partial charge < -0.3 is 10.3 Å². The summed E-state index contributed by atoms with van der Waals surface area (Å²) >= 11 is 0. The molecule has 0 amide bonds. The topological polar surface area (TPSA) is 77.8 Å². The van der Waals surface area contributed by atoms with Crippen molar-refractivity contribution >= 4 is 0 Å². The van der Waals surface area contributed by atoms with Gasteiger partial charge >= 0.3 is 5.69 Å². The molecule has 1 aromatic rings. The molecule has 0 aliphatic carbocycles. The maximum absolute atomic E-state index is 11.1. The third-order valence-electron chi connectivity index (χ3n) is 1.75. The molecule has 1 heterocycles. The fourth-order valence-electron chi connectivity index (χ4n) is 0.897. The second-order valence-electron chi connectivity index (χ2n) is 2.54. The van der Waals surface area contributed by atoms with Crippen LogP contribution in [0.25, 0.3) is 0 Å². The van der Waals surface area contributed by atoms with E-state index in [2.05, 4.69) is 15.3 Å². The zero-order valence-electron chi connectivity index (χ0n) is 6.97. The number of rotatable bonds is 2. The molecule has 0 bridgehead atoms. The first kappa shape index (κ1) is 8.73. The largest absolute Gasteiger partial charge is 0.325 e. The van der Waals surface area contributed by atoms with Gasteiger partial charge in [-0.3, -0.25) is 9.78 Å². The van der Waals surface area contributed by atoms with E-state index in [0.29, 0.717) is 5.56 Å². The molecule has 1 aromatic heterocycles. The Balaban J connectivity index is 3.19. The SMILES string of the molecule is CNC(C)c1c[nH]c(=O)[nH]c1=O. The molecule has 0 saturated carbocycles. The van der Waals surface area contributed by atoms with Crippen molar-refractivity contribution < 1.29 is 0 Å². The highest BCUT2D eigenvalue weighted by Crippen LogP contribution is 2.01. The Morgan fingerprint density at radius 1 is 1.50 bits per heavy atom. The minimum atomic E-state index is -0.480. The Hall–Kier alpha value is -1.36. The summed E-state index contributed by atoms with van der Waals surface area (Å²) in [5, 5.41) is 2.90. The van der Waals surface area contributed by atoms with Crippen molar-refractivity contribution in [3.8, 4) is 0 Å². The molecule has 5 nitrogen and oxygen atoms in total. The fourth-order valence-corrected chi connectivity index (χ4v) is 0.897. The van der Waals surface area contributed by atoms with Crippen LogP contribution in [0.5, 0.6) is 0 Å². The quantitative estimate of drug-likeness (QED) is 0.550. The number of H-pyrrole nitrogens is 2. The lowest BCUT2D eigenvalue weighted by atomic mass is 10.2. The van der Waals surface area contributed by atoms with Crippen molar-refractivity contribution in [2.75, 3.05) is 7.05 Å². The van der Waals surface area contributed by atoms with Gasteiger partial charge in [0, 0.05) is 12.2 Å². The molecular weight excluding hydrogens is 158 g/mol. The lowest BCUT2D eigenvalue weighted by molar-refractivity contribution is 0.638. The van der Waals surface area contributed by atoms with E-state index in [9.17, 15) is 9.59 Å². The standard InChI is InChI=1S/C7H11N3O2/c1-4(8-2)5-3-9-7(12)10-6(5)11/h3-4,8H,1-2H3,(H2,9,10,11,12). The molecular formula is C7H11N3O2. The minimum absolute atomic E-state index is 0.0643. The zero-order chi connectivity index (χ0) is 9.14. The summed E-state index contributed by atoms with van der Waals surface area (Å²) < 4.78 is 0. The van der Waals surface area contributed by atoms with E-state index in [1.807, 2.05) is 6.92 Å². The third-order valence-corrected chi connectivity index (χ3v) is 1.75. The minimum Gasteiger partial charge on any atom is -0.314 e. The third kappa shape index (κ3) is 1.62. The summed E-state index contributed by atoms with van der Waals surface area (Å²) in [4.78, 5) is 26.3. The van der Waals surface area contributed by atoms with Gasteiger partial charge in [-0.25, -0.2) is 4.79 Å². The van der Waals surface area contributed by atoms with E-state index in [1.165, 1.54) is 6.20 Å². The molecule has 0 radical (unpaired) electrons. The van der Waals surface area contributed by atoms with Gasteiger partial charge in [-0.05, 0) is 14.0 Å². The number of hydrogen-bond donors (Lipinski definition) is 3. The number of aromatic amines is 2. The van der Waals surface area contributed by atoms with Crippen molar-refractivity contribution in [2.45, 2.75) is 13.0 Å². The average molecular weight is 169 g/mol. The Morgan fingerprint density at radius 3 is 2.67 bits per heavy atom. The van der Waals surface area contributed by atoms with E-state index in [1.54, 1.807) is 7.05 Å². The summed E-state index contributed by atoms with van der Waals surface area (Å²) in [6.07, 6.45) is 1.42. The van der Waals surface area contributed by atoms with Crippen LogP contribution >= 0.6 is 0 Å². The molecule has 66 valence electrons. The monoisotopic (exact) mass is 169 g/mol. The molecule has 0 fully saturated rings. The van der Waals surface area contributed by atoms with Crippen LogP contribution in [-0.4, -0.2) is 17.0 Å². The van der Waals surface area contributed by atoms with Crippen molar-refractivity contribution in [3.63, 3.8) is 0 Å². The second kappa shape index (κ2) is 3.36. The first-order valence-electron chi connectivity index (χ1n) is 3.64. The van der Waals surface area contributed by atoms with E-state index < -0.39 is 5.69 Å². The molecule has 0 saturated heterocycles. The van der Waals surface area contributed by atoms with Gasteiger partial charge in [0.15, 0.2) is 0 Å². The number of nitrogens with one attached hydrogen (secondary N) is 3. The Morgan fingerprint density at radius 2 is 2.17 bits per heavy atom. The van der Waals surface area contributed by atoms with Crippen LogP contribution in [0.3, 0.4) is 0 Å². The van der Waals surface area contributed by atoms with Gasteiger partial charge in [-0.15, -0.1) is 0 Å². The van der Waals surface area contributed by atoms with Crippen molar-refractivity contribution in [1.29, 1.82) is 0 Å². The molecule has 0 aliphatic heterocycles. The summed E-state index contributed by atoms with van der Waals surface area (Å²) in [6, 6.07) is -0.0643. The van der Waals surface area contributed by atoms with Gasteiger partial charge in [0.05, 0.1) is 5.56 Å². The van der Waals surface area contributed by atoms with Crippen molar-refractivity contribution in [2.24, 2.45) is 0 Å². The molecule has 1 atom stereocenters. The molecule has 0 aliphatic rings. The van der Waals surface area contributed by atoms with Crippen LogP contribution in [0.1, 0.15) is 18.5 Å². The first-order chi connectivity index (χ1) is 5.65. The van der Waals surface area contributed by atoms with Crippen molar-refractivity contribution in [1.82, 2.24) is 15.3 Å². The summed E-state index contributed by atoms with van der Waals surface area (Å²) in [7, 11) is 1.75. The van der Waals surface area contributed by atoms with Crippen LogP contribution in [0, 0.1) is 0 Å². The van der Waals surface area contributed by atoms with Gasteiger partial charge in [-0.2, -0.15) is 0 Å². The zero-order valence-corrected chi connectivity index (χ0v) is 6.97. The highest BCUT2D eigenvalue weighted by Gasteiger charge is 2.06. The molecule has 1 unspecified atom stereocenters. The van der Waals surface area contributed by atoms with Crippen LogP contribution in [-0.2, 0) is 0 Å². The highest BCUT2D eigenvalue weighted by atomic mass is 16.2. The fraction of sp³-hybridized carbons (Fsp3) is 0.429. The van der Waals surface area contributed by atoms with Gasteiger partial charge in [0.2, 0.25) is 0 Å². The van der Waals surface area contributed by atoms with Crippen molar-refractivity contribution in [3.05, 3.63) is 32.6 Å². The van der Waals surface area contributed by atoms with Crippen LogP contribution < -0.4 is 16.6 Å². The first-order valence-corrected chi connectivity index (χ1v) is 3.64. The van der Waals surface area contributed by atoms with Crippen LogP contribution in [0.15, 0.2) is 15.8 Å². The van der Waals surface area contributed by atoms with Gasteiger partial charge in [0.1, 0.15) is 0 Å². The average Bonchev–Trinajstić information content (AvgIpc) is 2.03. The second-order valence-corrected chi connectivity index (χ2v) is 2.54. The molecule has 0 spiro atoms. The van der Waals surface area contributed by atoms with E-state index in [4.69, 9.17) is 0 Å². The number of hydrogen-bond acceptors (Lipinski definition) is 3. The predicted octanol–water partition coefficient (Wildman–Crippen LogP) is -0.656. The lowest BCUT2D eigenvalue weighted by Crippen LogP contribution is -2.28. The number of aromatic nitrogens is 2. The van der Waals surface area contributed by atoms with E-state index in [0.717, 1.165) is 0 Å². The summed E-state index contributed by atoms with van der Waals surface area (Å²) in [5.41, 5.74) is -0.301. The summed E-state index contributed by atoms with van der Waals surface area (Å²) in [5.74, 6) is 0. The van der Waals surface area contributed by atoms with Gasteiger partial charge in [-0.1, -0.05) is 0 Å². The molecule has 5 heteroatoms. The normalized spacial score (nSPS) is 12.8. The smallest absolute Gasteiger partial charge is 0.314 e. The molecule has 3 N–H and O–H groups in total. The molecule has 0 aromatic carbocycles. The molecule has 12 heavy (non-hydrogen) atoms. The maximum Gasteiger partial charge on any atom is 0.325 e.